The van der Waals surface area contributed by atoms with Crippen LogP contribution in [0.1, 0.15) is 56.2 Å². The third kappa shape index (κ3) is 3.97. The van der Waals surface area contributed by atoms with Gasteiger partial charge in [-0.3, -0.25) is 0 Å². The molecule has 1 atom stereocenters. The van der Waals surface area contributed by atoms with E-state index in [1.807, 2.05) is 6.92 Å². The Morgan fingerprint density at radius 1 is 1.25 bits per heavy atom. The highest BCUT2D eigenvalue weighted by Crippen LogP contribution is 2.29. The van der Waals surface area contributed by atoms with Gasteiger partial charge in [0, 0.05) is 31.4 Å². The molecule has 0 aromatic heterocycles. The summed E-state index contributed by atoms with van der Waals surface area (Å²) in [5, 5.41) is 8.79. The van der Waals surface area contributed by atoms with Crippen LogP contribution < -0.4 is 10.6 Å². The van der Waals surface area contributed by atoms with Crippen LogP contribution in [0.15, 0.2) is 18.2 Å². The molecule has 0 saturated carbocycles. The minimum absolute atomic E-state index is 0.120. The lowest BCUT2D eigenvalue weighted by atomic mass is 9.97. The summed E-state index contributed by atoms with van der Waals surface area (Å²) in [6, 6.07) is 6.83. The predicted octanol–water partition coefficient (Wildman–Crippen LogP) is 3.01. The fourth-order valence-electron chi connectivity index (χ4n) is 2.98. The summed E-state index contributed by atoms with van der Waals surface area (Å²) < 4.78 is 0. The Labute approximate surface area is 122 Å². The van der Waals surface area contributed by atoms with Gasteiger partial charge < -0.3 is 15.7 Å². The largest absolute Gasteiger partial charge is 0.396 e. The van der Waals surface area contributed by atoms with Crippen molar-refractivity contribution in [2.75, 3.05) is 24.6 Å². The Balaban J connectivity index is 1.94. The van der Waals surface area contributed by atoms with Crippen molar-refractivity contribution in [3.63, 3.8) is 0 Å². The fourth-order valence-corrected chi connectivity index (χ4v) is 2.98. The summed E-state index contributed by atoms with van der Waals surface area (Å²) in [4.78, 5) is 2.52. The van der Waals surface area contributed by atoms with Gasteiger partial charge in [0.2, 0.25) is 0 Å². The van der Waals surface area contributed by atoms with Gasteiger partial charge in [-0.2, -0.15) is 0 Å². The first-order valence-corrected chi connectivity index (χ1v) is 7.96. The van der Waals surface area contributed by atoms with Gasteiger partial charge in [0.05, 0.1) is 0 Å². The minimum atomic E-state index is 0.120. The molecule has 0 amide bonds. The Bertz CT molecular complexity index is 417. The smallest absolute Gasteiger partial charge is 0.0431 e. The van der Waals surface area contributed by atoms with E-state index in [0.717, 1.165) is 19.4 Å². The Hall–Kier alpha value is -1.06. The number of hydrogen-bond acceptors (Lipinski definition) is 3. The first kappa shape index (κ1) is 15.3. The van der Waals surface area contributed by atoms with Crippen LogP contribution in [0, 0.1) is 0 Å². The molecule has 3 N–H and O–H groups in total. The number of anilines is 1. The number of benzene rings is 1. The topological polar surface area (TPSA) is 49.5 Å². The molecule has 1 aromatic carbocycles. The zero-order valence-corrected chi connectivity index (χ0v) is 12.6. The Kier molecular flexibility index (Phi) is 5.86. The minimum Gasteiger partial charge on any atom is -0.396 e. The number of fused-ring (bicyclic) bond motifs is 1. The lowest BCUT2D eigenvalue weighted by Gasteiger charge is -2.32. The molecule has 1 unspecified atom stereocenters. The van der Waals surface area contributed by atoms with E-state index in [9.17, 15) is 0 Å². The molecular weight excluding hydrogens is 248 g/mol. The third-order valence-corrected chi connectivity index (χ3v) is 4.18. The van der Waals surface area contributed by atoms with E-state index in [4.69, 9.17) is 10.8 Å². The Morgan fingerprint density at radius 2 is 2.05 bits per heavy atom. The summed E-state index contributed by atoms with van der Waals surface area (Å²) in [6.45, 7) is 4.68. The molecule has 0 saturated heterocycles. The van der Waals surface area contributed by atoms with Crippen molar-refractivity contribution >= 4 is 5.69 Å². The molecular formula is C17H28N2O. The van der Waals surface area contributed by atoms with Crippen molar-refractivity contribution in [2.24, 2.45) is 5.73 Å². The number of hydrogen-bond donors (Lipinski definition) is 2. The van der Waals surface area contributed by atoms with E-state index in [2.05, 4.69) is 23.1 Å². The normalized spacial score (nSPS) is 16.1. The number of rotatable bonds is 7. The van der Waals surface area contributed by atoms with Crippen LogP contribution in [0.5, 0.6) is 0 Å². The SMILES string of the molecule is CC(N)c1ccc2c(c1)CCCN2CCCCCCO. The molecule has 0 aliphatic carbocycles. The second kappa shape index (κ2) is 7.65. The van der Waals surface area contributed by atoms with Crippen LogP contribution in [-0.4, -0.2) is 24.8 Å². The molecule has 1 heterocycles. The highest BCUT2D eigenvalue weighted by molar-refractivity contribution is 5.57. The van der Waals surface area contributed by atoms with Gasteiger partial charge in [-0.25, -0.2) is 0 Å². The van der Waals surface area contributed by atoms with Crippen LogP contribution in [0.3, 0.4) is 0 Å². The van der Waals surface area contributed by atoms with Gasteiger partial charge in [0.15, 0.2) is 0 Å². The van der Waals surface area contributed by atoms with Gasteiger partial charge in [-0.05, 0) is 49.8 Å². The monoisotopic (exact) mass is 276 g/mol. The lowest BCUT2D eigenvalue weighted by Crippen LogP contribution is -2.30. The zero-order valence-electron chi connectivity index (χ0n) is 12.6. The number of nitrogens with two attached hydrogens (primary N) is 1. The summed E-state index contributed by atoms with van der Waals surface area (Å²) in [7, 11) is 0. The summed E-state index contributed by atoms with van der Waals surface area (Å²) in [5.74, 6) is 0. The zero-order chi connectivity index (χ0) is 14.4. The molecule has 2 rings (SSSR count). The summed E-state index contributed by atoms with van der Waals surface area (Å²) >= 11 is 0. The molecule has 1 aliphatic rings. The van der Waals surface area contributed by atoms with Crippen LogP contribution in [0.25, 0.3) is 0 Å². The number of nitrogens with zero attached hydrogens (tertiary/aromatic N) is 1. The van der Waals surface area contributed by atoms with Gasteiger partial charge in [0.1, 0.15) is 0 Å². The van der Waals surface area contributed by atoms with Gasteiger partial charge >= 0.3 is 0 Å². The highest BCUT2D eigenvalue weighted by atomic mass is 16.2. The fraction of sp³-hybridized carbons (Fsp3) is 0.647. The number of aliphatic hydroxyl groups is 1. The highest BCUT2D eigenvalue weighted by Gasteiger charge is 2.17. The first-order valence-electron chi connectivity index (χ1n) is 7.96. The molecule has 1 aromatic rings. The standard InChI is InChI=1S/C17H28N2O/c1-14(18)15-8-9-17-16(13-15)7-6-11-19(17)10-4-2-3-5-12-20/h8-9,13-14,20H,2-7,10-12,18H2,1H3. The lowest BCUT2D eigenvalue weighted by molar-refractivity contribution is 0.282. The van der Waals surface area contributed by atoms with Gasteiger partial charge in [0.25, 0.3) is 0 Å². The van der Waals surface area contributed by atoms with E-state index in [1.165, 1.54) is 49.0 Å². The van der Waals surface area contributed by atoms with E-state index in [1.54, 1.807) is 0 Å². The predicted molar refractivity (Wildman–Crippen MR) is 85.1 cm³/mol. The van der Waals surface area contributed by atoms with Crippen LogP contribution in [0.2, 0.25) is 0 Å². The maximum Gasteiger partial charge on any atom is 0.0431 e. The van der Waals surface area contributed by atoms with Crippen molar-refractivity contribution in [3.05, 3.63) is 29.3 Å². The van der Waals surface area contributed by atoms with Crippen molar-refractivity contribution in [2.45, 2.75) is 51.5 Å². The van der Waals surface area contributed by atoms with Gasteiger partial charge in [-0.15, -0.1) is 0 Å². The van der Waals surface area contributed by atoms with Gasteiger partial charge in [-0.1, -0.05) is 25.0 Å². The van der Waals surface area contributed by atoms with E-state index in [-0.39, 0.29) is 6.04 Å². The molecule has 112 valence electrons. The maximum absolute atomic E-state index is 8.79. The molecule has 0 spiro atoms. The van der Waals surface area contributed by atoms with E-state index in [0.29, 0.717) is 6.61 Å². The molecule has 3 heteroatoms. The third-order valence-electron chi connectivity index (χ3n) is 4.18. The number of aliphatic hydroxyl groups excluding tert-OH is 1. The van der Waals surface area contributed by atoms with E-state index < -0.39 is 0 Å². The first-order chi connectivity index (χ1) is 9.72. The van der Waals surface area contributed by atoms with Crippen molar-refractivity contribution < 1.29 is 5.11 Å². The van der Waals surface area contributed by atoms with Crippen LogP contribution in [-0.2, 0) is 6.42 Å². The molecule has 0 radical (unpaired) electrons. The van der Waals surface area contributed by atoms with Crippen molar-refractivity contribution in [1.82, 2.24) is 0 Å². The maximum atomic E-state index is 8.79. The number of unbranched alkanes of at least 4 members (excludes halogenated alkanes) is 3. The molecule has 0 fully saturated rings. The number of aryl methyl sites for hydroxylation is 1. The molecule has 1 aliphatic heterocycles. The van der Waals surface area contributed by atoms with Crippen LogP contribution >= 0.6 is 0 Å². The average molecular weight is 276 g/mol. The second-order valence-corrected chi connectivity index (χ2v) is 5.91. The Morgan fingerprint density at radius 3 is 2.80 bits per heavy atom. The summed E-state index contributed by atoms with van der Waals surface area (Å²) in [5.41, 5.74) is 10.1. The molecule has 3 nitrogen and oxygen atoms in total. The van der Waals surface area contributed by atoms with E-state index >= 15 is 0 Å². The molecule has 20 heavy (non-hydrogen) atoms. The average Bonchev–Trinajstić information content (AvgIpc) is 2.46. The quantitative estimate of drug-likeness (QED) is 0.753. The molecule has 0 bridgehead atoms. The summed E-state index contributed by atoms with van der Waals surface area (Å²) in [6.07, 6.45) is 6.93. The van der Waals surface area contributed by atoms with Crippen molar-refractivity contribution in [1.29, 1.82) is 0 Å². The van der Waals surface area contributed by atoms with Crippen molar-refractivity contribution in [3.8, 4) is 0 Å². The van der Waals surface area contributed by atoms with Crippen LogP contribution in [0.4, 0.5) is 5.69 Å². The second-order valence-electron chi connectivity index (χ2n) is 5.91.